The molecule has 2 atom stereocenters. The number of hydrogen-bond donors (Lipinski definition) is 3. The molecule has 4 aromatic rings. The number of piperidine rings is 1. The minimum absolute atomic E-state index is 0.00505. The minimum Gasteiger partial charge on any atom is -0.493 e. The summed E-state index contributed by atoms with van der Waals surface area (Å²) in [5.41, 5.74) is 7.10. The molecule has 9 rings (SSSR count). The van der Waals surface area contributed by atoms with Gasteiger partial charge in [-0.2, -0.15) is 13.2 Å². The highest BCUT2D eigenvalue weighted by Gasteiger charge is 2.47. The number of anilines is 3. The number of rotatable bonds is 13. The Balaban J connectivity index is 0.770. The van der Waals surface area contributed by atoms with Crippen molar-refractivity contribution in [1.29, 1.82) is 0 Å². The zero-order valence-corrected chi connectivity index (χ0v) is 38.6. The largest absolute Gasteiger partial charge is 0.493 e. The summed E-state index contributed by atoms with van der Waals surface area (Å²) in [6.07, 6.45) is 0.846. The van der Waals surface area contributed by atoms with E-state index in [9.17, 15) is 37.1 Å². The number of imide groups is 2. The Morgan fingerprint density at radius 1 is 0.941 bits per heavy atom. The average molecular weight is 940 g/mol. The summed E-state index contributed by atoms with van der Waals surface area (Å²) in [7, 11) is 3.41. The summed E-state index contributed by atoms with van der Waals surface area (Å²) in [6.45, 7) is 7.47. The van der Waals surface area contributed by atoms with Crippen molar-refractivity contribution in [2.24, 2.45) is 11.3 Å². The summed E-state index contributed by atoms with van der Waals surface area (Å²) >= 11 is 0. The van der Waals surface area contributed by atoms with Crippen LogP contribution in [0.25, 0.3) is 10.9 Å². The van der Waals surface area contributed by atoms with E-state index in [4.69, 9.17) is 15.2 Å². The van der Waals surface area contributed by atoms with E-state index in [1.807, 2.05) is 18.0 Å². The topological polar surface area (TPSA) is 193 Å². The fourth-order valence-electron chi connectivity index (χ4n) is 10.4. The molecule has 19 heteroatoms. The predicted molar refractivity (Wildman–Crippen MR) is 246 cm³/mol. The van der Waals surface area contributed by atoms with Crippen LogP contribution < -0.4 is 30.7 Å². The van der Waals surface area contributed by atoms with Crippen molar-refractivity contribution in [1.82, 2.24) is 30.0 Å². The van der Waals surface area contributed by atoms with E-state index >= 15 is 0 Å². The third-order valence-corrected chi connectivity index (χ3v) is 14.4. The Bertz CT molecular complexity index is 2680. The highest BCUT2D eigenvalue weighted by atomic mass is 19.4. The van der Waals surface area contributed by atoms with Gasteiger partial charge in [0.15, 0.2) is 11.5 Å². The maximum absolute atomic E-state index is 13.9. The second kappa shape index (κ2) is 18.2. The molecule has 5 aliphatic rings. The summed E-state index contributed by atoms with van der Waals surface area (Å²) in [5, 5.41) is 6.10. The average Bonchev–Trinajstić information content (AvgIpc) is 4.04. The predicted octanol–water partition coefficient (Wildman–Crippen LogP) is 6.12. The first-order valence-electron chi connectivity index (χ1n) is 23.2. The molecule has 2 unspecified atom stereocenters. The van der Waals surface area contributed by atoms with Crippen LogP contribution in [-0.2, 0) is 20.6 Å². The zero-order chi connectivity index (χ0) is 48.2. The second-order valence-corrected chi connectivity index (χ2v) is 19.1. The van der Waals surface area contributed by atoms with E-state index in [1.165, 1.54) is 6.07 Å². The first-order valence-corrected chi connectivity index (χ1v) is 23.2. The summed E-state index contributed by atoms with van der Waals surface area (Å²) in [5.74, 6) is -0.197. The molecule has 360 valence electrons. The molecule has 4 N–H and O–H groups in total. The lowest BCUT2D eigenvalue weighted by atomic mass is 9.84. The normalized spacial score (nSPS) is 22.2. The lowest BCUT2D eigenvalue weighted by Gasteiger charge is -2.43. The third-order valence-electron chi connectivity index (χ3n) is 14.4. The molecule has 0 spiro atoms. The quantitative estimate of drug-likeness (QED) is 0.103. The number of halogens is 3. The van der Waals surface area contributed by atoms with Crippen LogP contribution in [0.2, 0.25) is 0 Å². The van der Waals surface area contributed by atoms with E-state index < -0.39 is 47.5 Å². The van der Waals surface area contributed by atoms with Crippen LogP contribution in [-0.4, -0.2) is 120 Å². The smallest absolute Gasteiger partial charge is 0.416 e. The maximum Gasteiger partial charge on any atom is 0.416 e. The number of carbonyl (C=O) groups excluding carboxylic acids is 5. The van der Waals surface area contributed by atoms with Crippen LogP contribution in [0, 0.1) is 18.3 Å². The number of nitrogens with zero attached hydrogens (tertiary/aromatic N) is 6. The Morgan fingerprint density at radius 3 is 2.34 bits per heavy atom. The molecule has 0 radical (unpaired) electrons. The lowest BCUT2D eigenvalue weighted by Crippen LogP contribution is -2.54. The van der Waals surface area contributed by atoms with E-state index in [0.29, 0.717) is 58.8 Å². The van der Waals surface area contributed by atoms with Gasteiger partial charge in [-0.15, -0.1) is 0 Å². The summed E-state index contributed by atoms with van der Waals surface area (Å²) in [6, 6.07) is 11.0. The van der Waals surface area contributed by atoms with Gasteiger partial charge in [-0.05, 0) is 107 Å². The fourth-order valence-corrected chi connectivity index (χ4v) is 10.4. The molecular formula is C49H56F3N9O7. The van der Waals surface area contributed by atoms with Crippen molar-refractivity contribution in [3.8, 4) is 11.5 Å². The van der Waals surface area contributed by atoms with Gasteiger partial charge in [0.25, 0.3) is 11.8 Å². The Labute approximate surface area is 391 Å². The van der Waals surface area contributed by atoms with Crippen molar-refractivity contribution in [2.75, 3.05) is 69.4 Å². The third kappa shape index (κ3) is 9.36. The van der Waals surface area contributed by atoms with Crippen LogP contribution in [0.4, 0.5) is 30.4 Å². The van der Waals surface area contributed by atoms with Crippen molar-refractivity contribution >= 4 is 57.6 Å². The number of fused-ring (bicyclic) bond motifs is 2. The number of benzene rings is 3. The molecule has 5 amide bonds. The SMILES string of the molecule is COc1cc2nc(C)nc(NC(C)c3cc(N)cc(C(F)(F)F)c3)c2cc1OCC1(CN(C)C(=O)[C@H]2CC[C@@H](N3CCN(c4ccc5c(c4)C(=O)N(C4CCC(=O)NC4=O)C5=O)CC3)CC2)CC1. The molecule has 2 aliphatic carbocycles. The maximum atomic E-state index is 13.9. The molecule has 2 saturated heterocycles. The molecule has 3 aliphatic heterocycles. The van der Waals surface area contributed by atoms with Gasteiger partial charge in [0.2, 0.25) is 17.7 Å². The Kier molecular flexibility index (Phi) is 12.5. The van der Waals surface area contributed by atoms with Crippen LogP contribution in [0.5, 0.6) is 11.5 Å². The number of nitrogen functional groups attached to an aromatic ring is 1. The van der Waals surface area contributed by atoms with Gasteiger partial charge in [0.05, 0.1) is 42.0 Å². The molecule has 2 saturated carbocycles. The van der Waals surface area contributed by atoms with Gasteiger partial charge in [0.1, 0.15) is 17.7 Å². The van der Waals surface area contributed by atoms with Crippen LogP contribution in [0.3, 0.4) is 0 Å². The van der Waals surface area contributed by atoms with E-state index in [0.717, 1.165) is 87.4 Å². The number of hydrogen-bond acceptors (Lipinski definition) is 13. The number of piperazine rings is 1. The van der Waals surface area contributed by atoms with Crippen molar-refractivity contribution in [3.05, 3.63) is 76.6 Å². The van der Waals surface area contributed by atoms with Gasteiger partial charge in [-0.1, -0.05) is 0 Å². The fraction of sp³-hybridized carbons (Fsp3) is 0.490. The molecule has 0 bridgehead atoms. The number of alkyl halides is 3. The highest BCUT2D eigenvalue weighted by molar-refractivity contribution is 6.23. The number of nitrogens with two attached hydrogens (primary N) is 1. The van der Waals surface area contributed by atoms with Crippen molar-refractivity contribution in [2.45, 2.75) is 89.5 Å². The van der Waals surface area contributed by atoms with Crippen LogP contribution in [0.1, 0.15) is 102 Å². The van der Waals surface area contributed by atoms with Gasteiger partial charge in [-0.3, -0.25) is 39.1 Å². The van der Waals surface area contributed by atoms with Gasteiger partial charge >= 0.3 is 6.18 Å². The molecule has 4 fully saturated rings. The second-order valence-electron chi connectivity index (χ2n) is 19.1. The zero-order valence-electron chi connectivity index (χ0n) is 38.6. The monoisotopic (exact) mass is 939 g/mol. The standard InChI is InChI=1S/C49H56F3N9O7/c1-27(30-19-31(49(50,51)52)21-32(53)20-30)54-43-37-23-41(40(67-4)24-38(37)55-28(2)56-43)68-26-48(13-14-48)25-58(3)45(64)29-5-7-33(8-6-29)59-15-17-60(18-16-59)34-9-10-35-36(22-34)47(66)61(46(35)65)39-11-12-42(62)57-44(39)63/h9-10,19-24,27,29,33,39H,5-8,11-18,25-26,53H2,1-4H3,(H,54,55,56)(H,57,62,63)/t27?,29-,33+,39?. The molecule has 16 nitrogen and oxygen atoms in total. The Morgan fingerprint density at radius 2 is 1.66 bits per heavy atom. The Hall–Kier alpha value is -6.50. The number of amides is 5. The van der Waals surface area contributed by atoms with Gasteiger partial charge in [0, 0.05) is 86.4 Å². The minimum atomic E-state index is -4.55. The number of carbonyl (C=O) groups is 5. The van der Waals surface area contributed by atoms with Gasteiger partial charge in [-0.25, -0.2) is 9.97 Å². The van der Waals surface area contributed by atoms with E-state index in [1.54, 1.807) is 45.2 Å². The van der Waals surface area contributed by atoms with Crippen LogP contribution in [0.15, 0.2) is 48.5 Å². The molecule has 68 heavy (non-hydrogen) atoms. The molecule has 4 heterocycles. The molecule has 3 aromatic carbocycles. The number of methoxy groups -OCH3 is 1. The first kappa shape index (κ1) is 46.6. The van der Waals surface area contributed by atoms with E-state index in [2.05, 4.69) is 30.4 Å². The lowest BCUT2D eigenvalue weighted by molar-refractivity contribution is -0.138. The molecule has 1 aromatic heterocycles. The summed E-state index contributed by atoms with van der Waals surface area (Å²) < 4.78 is 53.0. The highest BCUT2D eigenvalue weighted by Crippen LogP contribution is 2.48. The van der Waals surface area contributed by atoms with Crippen LogP contribution >= 0.6 is 0 Å². The molecular weight excluding hydrogens is 884 g/mol. The first-order chi connectivity index (χ1) is 32.4. The van der Waals surface area contributed by atoms with Crippen molar-refractivity contribution in [3.63, 3.8) is 0 Å². The summed E-state index contributed by atoms with van der Waals surface area (Å²) in [4.78, 5) is 81.4. The van der Waals surface area contributed by atoms with Gasteiger partial charge < -0.3 is 30.3 Å². The number of nitrogens with one attached hydrogen (secondary N) is 2. The van der Waals surface area contributed by atoms with E-state index in [-0.39, 0.29) is 46.9 Å². The number of aromatic nitrogens is 2. The van der Waals surface area contributed by atoms with Crippen molar-refractivity contribution < 1.29 is 46.6 Å². The number of aryl methyl sites for hydroxylation is 1. The number of ether oxygens (including phenoxy) is 2.